The van der Waals surface area contributed by atoms with Crippen molar-refractivity contribution in [2.24, 2.45) is 4.99 Å². The number of ether oxygens (including phenoxy) is 1. The fourth-order valence-corrected chi connectivity index (χ4v) is 2.25. The zero-order valence-electron chi connectivity index (χ0n) is 11.8. The van der Waals surface area contributed by atoms with Crippen LogP contribution in [-0.4, -0.2) is 36.0 Å². The molecule has 108 valence electrons. The Labute approximate surface area is 124 Å². The lowest BCUT2D eigenvalue weighted by molar-refractivity contribution is 0.411. The van der Waals surface area contributed by atoms with Crippen LogP contribution in [0.15, 0.2) is 53.5 Å². The van der Waals surface area contributed by atoms with Gasteiger partial charge in [0.1, 0.15) is 5.75 Å². The molecule has 0 atom stereocenters. The van der Waals surface area contributed by atoms with Crippen molar-refractivity contribution in [1.82, 2.24) is 4.90 Å². The Balaban J connectivity index is 1.58. The summed E-state index contributed by atoms with van der Waals surface area (Å²) in [6, 6.07) is 14.9. The summed E-state index contributed by atoms with van der Waals surface area (Å²) in [6.45, 7) is 2.92. The number of para-hydroxylation sites is 2. The molecule has 0 fully saturated rings. The fraction of sp³-hybridized carbons (Fsp3) is 0.235. The van der Waals surface area contributed by atoms with Gasteiger partial charge in [-0.05, 0) is 36.2 Å². The molecule has 4 heteroatoms. The van der Waals surface area contributed by atoms with Gasteiger partial charge < -0.3 is 14.7 Å². The Morgan fingerprint density at radius 1 is 1.10 bits per heavy atom. The molecule has 0 saturated heterocycles. The average Bonchev–Trinajstić information content (AvgIpc) is 3.02. The SMILES string of the molecule is Oc1ccccc1Oc1ccc(CCN2C=NCC2)cc1. The average molecular weight is 282 g/mol. The Kier molecular flexibility index (Phi) is 4.05. The van der Waals surface area contributed by atoms with E-state index in [2.05, 4.69) is 22.0 Å². The van der Waals surface area contributed by atoms with E-state index < -0.39 is 0 Å². The lowest BCUT2D eigenvalue weighted by Crippen LogP contribution is -2.22. The van der Waals surface area contributed by atoms with Crippen molar-refractivity contribution in [1.29, 1.82) is 0 Å². The van der Waals surface area contributed by atoms with E-state index >= 15 is 0 Å². The predicted octanol–water partition coefficient (Wildman–Crippen LogP) is 3.07. The molecule has 0 bridgehead atoms. The summed E-state index contributed by atoms with van der Waals surface area (Å²) in [4.78, 5) is 6.43. The molecule has 1 aliphatic rings. The van der Waals surface area contributed by atoms with E-state index in [-0.39, 0.29) is 5.75 Å². The number of nitrogens with zero attached hydrogens (tertiary/aromatic N) is 2. The second-order valence-electron chi connectivity index (χ2n) is 5.02. The molecule has 3 rings (SSSR count). The third-order valence-corrected chi connectivity index (χ3v) is 3.47. The monoisotopic (exact) mass is 282 g/mol. The van der Waals surface area contributed by atoms with Crippen LogP contribution in [0.5, 0.6) is 17.2 Å². The molecule has 0 spiro atoms. The van der Waals surface area contributed by atoms with Gasteiger partial charge in [0.05, 0.1) is 12.9 Å². The van der Waals surface area contributed by atoms with Gasteiger partial charge >= 0.3 is 0 Å². The molecule has 4 nitrogen and oxygen atoms in total. The van der Waals surface area contributed by atoms with Crippen molar-refractivity contribution < 1.29 is 9.84 Å². The van der Waals surface area contributed by atoms with Crippen molar-refractivity contribution in [2.45, 2.75) is 6.42 Å². The van der Waals surface area contributed by atoms with E-state index in [9.17, 15) is 5.11 Å². The van der Waals surface area contributed by atoms with Crippen LogP contribution in [0.4, 0.5) is 0 Å². The summed E-state index contributed by atoms with van der Waals surface area (Å²) >= 11 is 0. The van der Waals surface area contributed by atoms with E-state index in [4.69, 9.17) is 4.74 Å². The van der Waals surface area contributed by atoms with Crippen LogP contribution in [0.3, 0.4) is 0 Å². The first kappa shape index (κ1) is 13.5. The van der Waals surface area contributed by atoms with E-state index in [1.165, 1.54) is 5.56 Å². The van der Waals surface area contributed by atoms with Crippen LogP contribution in [0.2, 0.25) is 0 Å². The molecule has 0 unspecified atom stereocenters. The highest BCUT2D eigenvalue weighted by atomic mass is 16.5. The molecule has 0 aromatic heterocycles. The quantitative estimate of drug-likeness (QED) is 0.916. The summed E-state index contributed by atoms with van der Waals surface area (Å²) < 4.78 is 5.66. The fourth-order valence-electron chi connectivity index (χ4n) is 2.25. The first-order valence-electron chi connectivity index (χ1n) is 7.10. The summed E-state index contributed by atoms with van der Waals surface area (Å²) in [7, 11) is 0. The van der Waals surface area contributed by atoms with Gasteiger partial charge in [-0.15, -0.1) is 0 Å². The molecule has 1 aliphatic heterocycles. The topological polar surface area (TPSA) is 45.1 Å². The normalized spacial score (nSPS) is 13.6. The molecule has 0 amide bonds. The first-order chi connectivity index (χ1) is 10.3. The smallest absolute Gasteiger partial charge is 0.169 e. The van der Waals surface area contributed by atoms with Gasteiger partial charge in [-0.1, -0.05) is 24.3 Å². The van der Waals surface area contributed by atoms with E-state index in [1.807, 2.05) is 24.5 Å². The number of aromatic hydroxyl groups is 1. The molecular weight excluding hydrogens is 264 g/mol. The highest BCUT2D eigenvalue weighted by molar-refractivity contribution is 5.57. The van der Waals surface area contributed by atoms with Gasteiger partial charge in [0.15, 0.2) is 11.5 Å². The number of phenols is 1. The third kappa shape index (κ3) is 3.54. The number of rotatable bonds is 5. The maximum Gasteiger partial charge on any atom is 0.169 e. The largest absolute Gasteiger partial charge is 0.504 e. The van der Waals surface area contributed by atoms with Crippen molar-refractivity contribution >= 4 is 6.34 Å². The summed E-state index contributed by atoms with van der Waals surface area (Å²) in [5, 5.41) is 9.69. The van der Waals surface area contributed by atoms with Crippen LogP contribution in [0.1, 0.15) is 5.56 Å². The van der Waals surface area contributed by atoms with Crippen LogP contribution in [0, 0.1) is 0 Å². The number of aliphatic imine (C=N–C) groups is 1. The van der Waals surface area contributed by atoms with Gasteiger partial charge in [0, 0.05) is 13.1 Å². The lowest BCUT2D eigenvalue weighted by Gasteiger charge is -2.13. The molecule has 2 aromatic carbocycles. The van der Waals surface area contributed by atoms with Crippen LogP contribution in [-0.2, 0) is 6.42 Å². The standard InChI is InChI=1S/C17H18N2O2/c20-16-3-1-2-4-17(16)21-15-7-5-14(6-8-15)9-11-19-12-10-18-13-19/h1-8,13,20H,9-12H2. The van der Waals surface area contributed by atoms with Gasteiger partial charge in [0.25, 0.3) is 0 Å². The van der Waals surface area contributed by atoms with Crippen molar-refractivity contribution in [3.63, 3.8) is 0 Å². The molecule has 0 aliphatic carbocycles. The maximum absolute atomic E-state index is 9.69. The predicted molar refractivity (Wildman–Crippen MR) is 83.3 cm³/mol. The number of hydrogen-bond acceptors (Lipinski definition) is 4. The Hall–Kier alpha value is -2.49. The van der Waals surface area contributed by atoms with E-state index in [0.717, 1.165) is 31.8 Å². The molecule has 0 radical (unpaired) electrons. The second kappa shape index (κ2) is 6.31. The minimum atomic E-state index is 0.148. The lowest BCUT2D eigenvalue weighted by atomic mass is 10.1. The molecule has 21 heavy (non-hydrogen) atoms. The minimum Gasteiger partial charge on any atom is -0.504 e. The maximum atomic E-state index is 9.69. The number of phenolic OH excluding ortho intramolecular Hbond substituents is 1. The summed E-state index contributed by atoms with van der Waals surface area (Å²) in [5.41, 5.74) is 1.26. The summed E-state index contributed by atoms with van der Waals surface area (Å²) in [5.74, 6) is 1.34. The Bertz CT molecular complexity index is 623. The number of benzene rings is 2. The van der Waals surface area contributed by atoms with Crippen molar-refractivity contribution in [3.05, 3.63) is 54.1 Å². The van der Waals surface area contributed by atoms with Crippen molar-refractivity contribution in [3.8, 4) is 17.2 Å². The zero-order chi connectivity index (χ0) is 14.5. The van der Waals surface area contributed by atoms with Crippen LogP contribution < -0.4 is 4.74 Å². The van der Waals surface area contributed by atoms with Crippen molar-refractivity contribution in [2.75, 3.05) is 19.6 Å². The minimum absolute atomic E-state index is 0.148. The Morgan fingerprint density at radius 3 is 2.62 bits per heavy atom. The van der Waals surface area contributed by atoms with E-state index in [0.29, 0.717) is 5.75 Å². The molecular formula is C17H18N2O2. The highest BCUT2D eigenvalue weighted by Crippen LogP contribution is 2.29. The molecule has 1 heterocycles. The van der Waals surface area contributed by atoms with Crippen LogP contribution >= 0.6 is 0 Å². The van der Waals surface area contributed by atoms with E-state index in [1.54, 1.807) is 18.2 Å². The highest BCUT2D eigenvalue weighted by Gasteiger charge is 2.06. The van der Waals surface area contributed by atoms with Gasteiger partial charge in [0.2, 0.25) is 0 Å². The summed E-state index contributed by atoms with van der Waals surface area (Å²) in [6.07, 6.45) is 2.92. The third-order valence-electron chi connectivity index (χ3n) is 3.47. The zero-order valence-corrected chi connectivity index (χ0v) is 11.8. The van der Waals surface area contributed by atoms with Gasteiger partial charge in [-0.25, -0.2) is 0 Å². The molecule has 2 aromatic rings. The first-order valence-corrected chi connectivity index (χ1v) is 7.10. The second-order valence-corrected chi connectivity index (χ2v) is 5.02. The Morgan fingerprint density at radius 2 is 1.90 bits per heavy atom. The molecule has 1 N–H and O–H groups in total. The van der Waals surface area contributed by atoms with Gasteiger partial charge in [-0.3, -0.25) is 4.99 Å². The van der Waals surface area contributed by atoms with Gasteiger partial charge in [-0.2, -0.15) is 0 Å². The molecule has 0 saturated carbocycles. The number of hydrogen-bond donors (Lipinski definition) is 1. The van der Waals surface area contributed by atoms with Crippen LogP contribution in [0.25, 0.3) is 0 Å².